The number of aryl methyl sites for hydroxylation is 2. The number of nitrogens with one attached hydrogen (secondary N) is 3. The highest BCUT2D eigenvalue weighted by Crippen LogP contribution is 2.25. The lowest BCUT2D eigenvalue weighted by atomic mass is 10.1. The smallest absolute Gasteiger partial charge is 0.325 e. The van der Waals surface area contributed by atoms with Crippen molar-refractivity contribution in [2.24, 2.45) is 0 Å². The Bertz CT molecular complexity index is 700. The van der Waals surface area contributed by atoms with Gasteiger partial charge in [0, 0.05) is 11.4 Å². The summed E-state index contributed by atoms with van der Waals surface area (Å²) in [5.41, 5.74) is 3.10. The number of benzene rings is 1. The normalized spacial score (nSPS) is 10.9. The summed E-state index contributed by atoms with van der Waals surface area (Å²) < 4.78 is 0.882. The van der Waals surface area contributed by atoms with Crippen LogP contribution in [-0.4, -0.2) is 41.6 Å². The zero-order chi connectivity index (χ0) is 18.2. The molecule has 0 atom stereocenters. The number of aromatic nitrogens is 2. The molecule has 0 aliphatic heterocycles. The van der Waals surface area contributed by atoms with E-state index in [0.717, 1.165) is 41.0 Å². The molecule has 1 aromatic heterocycles. The number of urea groups is 1. The molecular weight excluding hydrogens is 354 g/mol. The first-order valence-electron chi connectivity index (χ1n) is 8.47. The van der Waals surface area contributed by atoms with E-state index in [1.165, 1.54) is 16.9 Å². The van der Waals surface area contributed by atoms with Crippen molar-refractivity contribution in [1.82, 2.24) is 10.2 Å². The largest absolute Gasteiger partial charge is 0.335 e. The summed E-state index contributed by atoms with van der Waals surface area (Å²) in [7, 11) is 0. The fraction of sp³-hybridized carbons (Fsp3) is 0.471. The average molecular weight is 381 g/mol. The third kappa shape index (κ3) is 6.30. The Kier molecular flexibility index (Phi) is 7.67. The lowest BCUT2D eigenvalue weighted by Gasteiger charge is -2.13. The molecule has 0 saturated carbocycles. The van der Waals surface area contributed by atoms with Gasteiger partial charge in [0.2, 0.25) is 5.13 Å². The minimum absolute atomic E-state index is 0.302. The van der Waals surface area contributed by atoms with E-state index < -0.39 is 0 Å². The second-order valence-corrected chi connectivity index (χ2v) is 8.13. The van der Waals surface area contributed by atoms with Crippen LogP contribution in [0.5, 0.6) is 0 Å². The van der Waals surface area contributed by atoms with Gasteiger partial charge in [-0.2, -0.15) is 0 Å². The van der Waals surface area contributed by atoms with Crippen molar-refractivity contribution in [3.05, 3.63) is 29.3 Å². The van der Waals surface area contributed by atoms with Crippen molar-refractivity contribution in [2.45, 2.75) is 32.0 Å². The number of carbonyl (C=O) groups excluding carboxylic acids is 1. The van der Waals surface area contributed by atoms with Gasteiger partial charge in [0.05, 0.1) is 19.6 Å². The van der Waals surface area contributed by atoms with E-state index in [9.17, 15) is 4.79 Å². The highest BCUT2D eigenvalue weighted by molar-refractivity contribution is 8.01. The Morgan fingerprint density at radius 1 is 1.16 bits per heavy atom. The van der Waals surface area contributed by atoms with Crippen LogP contribution in [0.25, 0.3) is 0 Å². The third-order valence-electron chi connectivity index (χ3n) is 4.07. The Hall–Kier alpha value is -1.64. The van der Waals surface area contributed by atoms with Crippen LogP contribution in [0.4, 0.5) is 15.6 Å². The number of hydrogen-bond donors (Lipinski definition) is 3. The number of amides is 2. The first kappa shape index (κ1) is 19.7. The van der Waals surface area contributed by atoms with Crippen LogP contribution in [0.15, 0.2) is 22.5 Å². The number of anilines is 2. The van der Waals surface area contributed by atoms with Gasteiger partial charge in [0.25, 0.3) is 0 Å². The summed E-state index contributed by atoms with van der Waals surface area (Å²) in [4.78, 5) is 13.6. The second-order valence-electron chi connectivity index (χ2n) is 5.81. The summed E-state index contributed by atoms with van der Waals surface area (Å²) in [6.45, 7) is 11.8. The molecule has 136 valence electrons. The molecule has 3 N–H and O–H groups in total. The minimum Gasteiger partial charge on any atom is -0.335 e. The quantitative estimate of drug-likeness (QED) is 0.486. The van der Waals surface area contributed by atoms with Crippen molar-refractivity contribution in [1.29, 1.82) is 0 Å². The zero-order valence-corrected chi connectivity index (χ0v) is 16.8. The highest BCUT2D eigenvalue weighted by Gasteiger charge is 2.10. The maximum Gasteiger partial charge on any atom is 0.325 e. The molecule has 0 unspecified atom stereocenters. The van der Waals surface area contributed by atoms with Crippen LogP contribution in [-0.2, 0) is 0 Å². The number of carbonyl (C=O) groups is 1. The predicted molar refractivity (Wildman–Crippen MR) is 106 cm³/mol. The summed E-state index contributed by atoms with van der Waals surface area (Å²) in [5, 5.41) is 14.2. The van der Waals surface area contributed by atoms with E-state index in [1.807, 2.05) is 32.0 Å². The van der Waals surface area contributed by atoms with E-state index in [0.29, 0.717) is 5.13 Å². The summed E-state index contributed by atoms with van der Waals surface area (Å²) >= 11 is 3.09. The summed E-state index contributed by atoms with van der Waals surface area (Å²) in [6, 6.07) is 5.52. The van der Waals surface area contributed by atoms with Crippen LogP contribution >= 0.6 is 23.1 Å². The topological polar surface area (TPSA) is 71.3 Å². The van der Waals surface area contributed by atoms with Crippen LogP contribution in [0.1, 0.15) is 25.0 Å². The molecule has 0 saturated heterocycles. The van der Waals surface area contributed by atoms with Gasteiger partial charge < -0.3 is 10.2 Å². The Morgan fingerprint density at radius 3 is 2.60 bits per heavy atom. The standard InChI is InChI=1S/C17H25N5OS2/c1-5-22(6-2)9-10-24-17-21-20-16(25-17)19-15(23)18-14-8-7-12(3)13(4)11-14/h7-8,11H,5-6,9-10H2,1-4H3,(H2,18,19,20,23)/p+1. The second kappa shape index (κ2) is 9.74. The highest BCUT2D eigenvalue weighted by atomic mass is 32.2. The van der Waals surface area contributed by atoms with Gasteiger partial charge in [-0.05, 0) is 51.0 Å². The molecule has 0 spiro atoms. The van der Waals surface area contributed by atoms with Gasteiger partial charge in [-0.3, -0.25) is 5.32 Å². The Balaban J connectivity index is 1.81. The van der Waals surface area contributed by atoms with Crippen molar-refractivity contribution < 1.29 is 9.69 Å². The first-order valence-corrected chi connectivity index (χ1v) is 10.3. The van der Waals surface area contributed by atoms with Gasteiger partial charge in [-0.15, -0.1) is 10.2 Å². The average Bonchev–Trinajstić information content (AvgIpc) is 3.02. The van der Waals surface area contributed by atoms with E-state index >= 15 is 0 Å². The van der Waals surface area contributed by atoms with Crippen molar-refractivity contribution in [3.8, 4) is 0 Å². The fourth-order valence-corrected chi connectivity index (χ4v) is 4.14. The number of thioether (sulfide) groups is 1. The molecule has 0 fully saturated rings. The van der Waals surface area contributed by atoms with Crippen molar-refractivity contribution >= 4 is 39.9 Å². The Labute approximate surface area is 157 Å². The molecule has 6 nitrogen and oxygen atoms in total. The van der Waals surface area contributed by atoms with Crippen molar-refractivity contribution in [3.63, 3.8) is 0 Å². The fourth-order valence-electron chi connectivity index (χ4n) is 2.28. The lowest BCUT2D eigenvalue weighted by molar-refractivity contribution is -0.893. The number of rotatable bonds is 8. The van der Waals surface area contributed by atoms with E-state index in [4.69, 9.17) is 0 Å². The molecule has 25 heavy (non-hydrogen) atoms. The summed E-state index contributed by atoms with van der Waals surface area (Å²) in [6.07, 6.45) is 0. The van der Waals surface area contributed by atoms with E-state index in [1.54, 1.807) is 16.7 Å². The molecule has 0 radical (unpaired) electrons. The molecule has 2 rings (SSSR count). The maximum atomic E-state index is 12.1. The molecule has 0 aliphatic carbocycles. The molecule has 2 aromatic rings. The van der Waals surface area contributed by atoms with Crippen LogP contribution in [0.3, 0.4) is 0 Å². The molecule has 0 aliphatic rings. The number of nitrogens with zero attached hydrogens (tertiary/aromatic N) is 2. The molecule has 0 bridgehead atoms. The number of quaternary nitrogens is 1. The minimum atomic E-state index is -0.302. The molecule has 8 heteroatoms. The molecule has 2 amide bonds. The van der Waals surface area contributed by atoms with E-state index in [2.05, 4.69) is 34.7 Å². The van der Waals surface area contributed by atoms with Gasteiger partial charge in [0.15, 0.2) is 4.34 Å². The van der Waals surface area contributed by atoms with Crippen LogP contribution in [0, 0.1) is 13.8 Å². The van der Waals surface area contributed by atoms with Crippen LogP contribution in [0.2, 0.25) is 0 Å². The van der Waals surface area contributed by atoms with Gasteiger partial charge >= 0.3 is 6.03 Å². The monoisotopic (exact) mass is 380 g/mol. The molecular formula is C17H26N5OS2+. The maximum absolute atomic E-state index is 12.1. The SMILES string of the molecule is CC[NH+](CC)CCSc1nnc(NC(=O)Nc2ccc(C)c(C)c2)s1. The molecule has 1 heterocycles. The number of hydrogen-bond acceptors (Lipinski definition) is 5. The Morgan fingerprint density at radius 2 is 1.92 bits per heavy atom. The third-order valence-corrected chi connectivity index (χ3v) is 6.05. The first-order chi connectivity index (χ1) is 12.0. The zero-order valence-electron chi connectivity index (χ0n) is 15.2. The van der Waals surface area contributed by atoms with Gasteiger partial charge in [0.1, 0.15) is 0 Å². The van der Waals surface area contributed by atoms with E-state index in [-0.39, 0.29) is 6.03 Å². The predicted octanol–water partition coefficient (Wildman–Crippen LogP) is 2.82. The molecule has 1 aromatic carbocycles. The summed E-state index contributed by atoms with van der Waals surface area (Å²) in [5.74, 6) is 1.00. The van der Waals surface area contributed by atoms with Gasteiger partial charge in [-0.25, -0.2) is 4.79 Å². The van der Waals surface area contributed by atoms with Gasteiger partial charge in [-0.1, -0.05) is 29.2 Å². The van der Waals surface area contributed by atoms with Crippen LogP contribution < -0.4 is 15.5 Å². The van der Waals surface area contributed by atoms with Crippen molar-refractivity contribution in [2.75, 3.05) is 36.0 Å². The lowest BCUT2D eigenvalue weighted by Crippen LogP contribution is -3.11.